The summed E-state index contributed by atoms with van der Waals surface area (Å²) in [5, 5.41) is 1.25. The molecule has 0 spiro atoms. The maximum Gasteiger partial charge on any atom is 0.240 e. The zero-order chi connectivity index (χ0) is 19.3. The van der Waals surface area contributed by atoms with Gasteiger partial charge in [-0.3, -0.25) is 9.69 Å². The Hall–Kier alpha value is -1.96. The van der Waals surface area contributed by atoms with Crippen LogP contribution in [-0.2, 0) is 16.1 Å². The van der Waals surface area contributed by atoms with E-state index in [1.165, 1.54) is 6.07 Å². The van der Waals surface area contributed by atoms with Gasteiger partial charge in [0.05, 0.1) is 24.3 Å². The number of rotatable bonds is 5. The largest absolute Gasteiger partial charge is 0.378 e. The van der Waals surface area contributed by atoms with Crippen molar-refractivity contribution in [2.45, 2.75) is 29.3 Å². The molecule has 0 saturated carbocycles. The lowest BCUT2D eigenvalue weighted by Crippen LogP contribution is -2.49. The molecule has 2 aliphatic rings. The highest BCUT2D eigenvalue weighted by Gasteiger charge is 2.39. The lowest BCUT2D eigenvalue weighted by Gasteiger charge is -2.32. The second kappa shape index (κ2) is 9.03. The van der Waals surface area contributed by atoms with Crippen LogP contribution in [0.25, 0.3) is 0 Å². The number of ether oxygens (including phenoxy) is 1. The molecule has 28 heavy (non-hydrogen) atoms. The second-order valence-corrected chi connectivity index (χ2v) is 8.48. The number of aromatic nitrogens is 1. The minimum Gasteiger partial charge on any atom is -0.378 e. The summed E-state index contributed by atoms with van der Waals surface area (Å²) in [5.74, 6) is -0.0870. The summed E-state index contributed by atoms with van der Waals surface area (Å²) in [4.78, 5) is 21.7. The predicted octanol–water partition coefficient (Wildman–Crippen LogP) is 2.81. The van der Waals surface area contributed by atoms with Gasteiger partial charge in [-0.2, -0.15) is 0 Å². The number of carbonyl (C=O) groups is 1. The summed E-state index contributed by atoms with van der Waals surface area (Å²) < 4.78 is 19.0. The molecule has 2 aromatic rings. The first-order chi connectivity index (χ1) is 13.7. The maximum absolute atomic E-state index is 13.6. The van der Waals surface area contributed by atoms with Gasteiger partial charge in [-0.25, -0.2) is 9.37 Å². The van der Waals surface area contributed by atoms with Crippen molar-refractivity contribution in [1.82, 2.24) is 14.8 Å². The van der Waals surface area contributed by atoms with Gasteiger partial charge in [0.1, 0.15) is 5.82 Å². The molecule has 2 saturated heterocycles. The van der Waals surface area contributed by atoms with Crippen LogP contribution >= 0.6 is 11.8 Å². The normalized spacial score (nSPS) is 23.1. The molecule has 7 heteroatoms. The fraction of sp³-hybridized carbons (Fsp3) is 0.429. The molecule has 148 valence electrons. The first-order valence-corrected chi connectivity index (χ1v) is 10.5. The van der Waals surface area contributed by atoms with Gasteiger partial charge < -0.3 is 9.64 Å². The minimum absolute atomic E-state index is 0.156. The quantitative estimate of drug-likeness (QED) is 0.771. The van der Waals surface area contributed by atoms with Gasteiger partial charge in [-0.05, 0) is 36.2 Å². The highest BCUT2D eigenvalue weighted by atomic mass is 32.2. The summed E-state index contributed by atoms with van der Waals surface area (Å²) in [6.07, 6.45) is 2.56. The molecule has 0 bridgehead atoms. The Morgan fingerprint density at radius 1 is 1.21 bits per heavy atom. The third-order valence-corrected chi connectivity index (χ3v) is 6.33. The third kappa shape index (κ3) is 4.71. The summed E-state index contributed by atoms with van der Waals surface area (Å²) in [6, 6.07) is 12.3. The number of amides is 1. The summed E-state index contributed by atoms with van der Waals surface area (Å²) >= 11 is 1.71. The number of halogens is 1. The lowest BCUT2D eigenvalue weighted by atomic mass is 10.1. The van der Waals surface area contributed by atoms with E-state index in [1.54, 1.807) is 30.1 Å². The van der Waals surface area contributed by atoms with Crippen molar-refractivity contribution in [3.8, 4) is 0 Å². The van der Waals surface area contributed by atoms with Crippen LogP contribution in [0.3, 0.4) is 0 Å². The molecule has 0 radical (unpaired) electrons. The molecular formula is C21H24FN3O2S. The van der Waals surface area contributed by atoms with E-state index >= 15 is 0 Å². The number of hydrogen-bond donors (Lipinski definition) is 0. The standard InChI is InChI=1S/C21H24FN3O2S/c22-17-5-3-4-16(12-17)14-25-15-18(28-20-6-1-2-7-23-20)13-19(25)21(26)24-8-10-27-11-9-24/h1-7,12,18-19H,8-11,13-15H2/t18-,19+/m1/s1. The van der Waals surface area contributed by atoms with E-state index in [4.69, 9.17) is 4.74 Å². The van der Waals surface area contributed by atoms with E-state index in [1.807, 2.05) is 29.2 Å². The smallest absolute Gasteiger partial charge is 0.240 e. The van der Waals surface area contributed by atoms with Crippen LogP contribution < -0.4 is 0 Å². The van der Waals surface area contributed by atoms with Crippen LogP contribution in [0.5, 0.6) is 0 Å². The van der Waals surface area contributed by atoms with E-state index in [9.17, 15) is 9.18 Å². The molecule has 5 nitrogen and oxygen atoms in total. The van der Waals surface area contributed by atoms with Crippen molar-refractivity contribution in [2.24, 2.45) is 0 Å². The Bertz CT molecular complexity index is 801. The molecule has 0 N–H and O–H groups in total. The van der Waals surface area contributed by atoms with Gasteiger partial charge >= 0.3 is 0 Å². The van der Waals surface area contributed by atoms with E-state index in [0.29, 0.717) is 32.8 Å². The highest BCUT2D eigenvalue weighted by molar-refractivity contribution is 7.99. The maximum atomic E-state index is 13.6. The first-order valence-electron chi connectivity index (χ1n) is 9.62. The van der Waals surface area contributed by atoms with Gasteiger partial charge in [-0.1, -0.05) is 18.2 Å². The van der Waals surface area contributed by atoms with E-state index in [2.05, 4.69) is 9.88 Å². The average Bonchev–Trinajstić information content (AvgIpc) is 3.11. The number of benzene rings is 1. The number of likely N-dealkylation sites (tertiary alicyclic amines) is 1. The van der Waals surface area contributed by atoms with Gasteiger partial charge in [0, 0.05) is 37.6 Å². The van der Waals surface area contributed by atoms with Gasteiger partial charge in [0.25, 0.3) is 0 Å². The van der Waals surface area contributed by atoms with Crippen molar-refractivity contribution < 1.29 is 13.9 Å². The van der Waals surface area contributed by atoms with Gasteiger partial charge in [0.15, 0.2) is 0 Å². The van der Waals surface area contributed by atoms with Gasteiger partial charge in [-0.15, -0.1) is 11.8 Å². The Labute approximate surface area is 168 Å². The van der Waals surface area contributed by atoms with Crippen LogP contribution in [0.15, 0.2) is 53.7 Å². The van der Waals surface area contributed by atoms with Gasteiger partial charge in [0.2, 0.25) is 5.91 Å². The van der Waals surface area contributed by atoms with Crippen molar-refractivity contribution >= 4 is 17.7 Å². The van der Waals surface area contributed by atoms with E-state index in [-0.39, 0.29) is 23.0 Å². The summed E-state index contributed by atoms with van der Waals surface area (Å²) in [5.41, 5.74) is 0.892. The van der Waals surface area contributed by atoms with Crippen LogP contribution in [0.2, 0.25) is 0 Å². The summed E-state index contributed by atoms with van der Waals surface area (Å²) in [7, 11) is 0. The number of pyridine rings is 1. The molecule has 4 rings (SSSR count). The number of thioether (sulfide) groups is 1. The Morgan fingerprint density at radius 2 is 2.07 bits per heavy atom. The molecule has 3 heterocycles. The fourth-order valence-corrected chi connectivity index (χ4v) is 5.00. The van der Waals surface area contributed by atoms with Crippen molar-refractivity contribution in [3.63, 3.8) is 0 Å². The second-order valence-electron chi connectivity index (χ2n) is 7.16. The number of hydrogen-bond acceptors (Lipinski definition) is 5. The zero-order valence-corrected chi connectivity index (χ0v) is 16.5. The molecule has 2 aliphatic heterocycles. The molecular weight excluding hydrogens is 377 g/mol. The average molecular weight is 402 g/mol. The number of carbonyl (C=O) groups excluding carboxylic acids is 1. The molecule has 2 atom stereocenters. The summed E-state index contributed by atoms with van der Waals surface area (Å²) in [6.45, 7) is 3.81. The van der Waals surface area contributed by atoms with Crippen LogP contribution in [0.4, 0.5) is 4.39 Å². The predicted molar refractivity (Wildman–Crippen MR) is 106 cm³/mol. The van der Waals surface area contributed by atoms with Crippen molar-refractivity contribution in [2.75, 3.05) is 32.8 Å². The molecule has 1 aromatic carbocycles. The SMILES string of the molecule is O=C([C@@H]1C[C@@H](Sc2ccccn2)CN1Cc1cccc(F)c1)N1CCOCC1. The molecule has 0 unspecified atom stereocenters. The van der Waals surface area contributed by atoms with Crippen LogP contribution in [0, 0.1) is 5.82 Å². The topological polar surface area (TPSA) is 45.7 Å². The Morgan fingerprint density at radius 3 is 2.82 bits per heavy atom. The van der Waals surface area contributed by atoms with Crippen molar-refractivity contribution in [3.05, 3.63) is 60.0 Å². The fourth-order valence-electron chi connectivity index (χ4n) is 3.83. The third-order valence-electron chi connectivity index (χ3n) is 5.17. The minimum atomic E-state index is -0.243. The monoisotopic (exact) mass is 401 g/mol. The van der Waals surface area contributed by atoms with Crippen LogP contribution in [0.1, 0.15) is 12.0 Å². The van der Waals surface area contributed by atoms with Crippen molar-refractivity contribution in [1.29, 1.82) is 0 Å². The molecule has 1 aromatic heterocycles. The first kappa shape index (κ1) is 19.4. The molecule has 1 amide bonds. The molecule has 2 fully saturated rings. The Balaban J connectivity index is 1.50. The van der Waals surface area contributed by atoms with Crippen LogP contribution in [-0.4, -0.2) is 64.8 Å². The number of nitrogens with zero attached hydrogens (tertiary/aromatic N) is 3. The molecule has 0 aliphatic carbocycles. The Kier molecular flexibility index (Phi) is 6.24. The zero-order valence-electron chi connectivity index (χ0n) is 15.7. The lowest BCUT2D eigenvalue weighted by molar-refractivity contribution is -0.140. The highest BCUT2D eigenvalue weighted by Crippen LogP contribution is 2.33. The van der Waals surface area contributed by atoms with E-state index < -0.39 is 0 Å². The number of morpholine rings is 1. The van der Waals surface area contributed by atoms with E-state index in [0.717, 1.165) is 23.6 Å².